The molecule has 0 radical (unpaired) electrons. The van der Waals surface area contributed by atoms with Crippen molar-refractivity contribution >= 4 is 5.97 Å². The molecular formula is C16H24O4. The third kappa shape index (κ3) is 3.65. The zero-order chi connectivity index (χ0) is 15.3. The normalized spacial score (nSPS) is 11.1. The average Bonchev–Trinajstić information content (AvgIpc) is 2.38. The lowest BCUT2D eigenvalue weighted by molar-refractivity contribution is 0.0595. The van der Waals surface area contributed by atoms with Crippen LogP contribution in [0, 0.1) is 0 Å². The number of rotatable bonds is 5. The molecule has 0 saturated heterocycles. The number of benzene rings is 1. The van der Waals surface area contributed by atoms with E-state index >= 15 is 0 Å². The molecule has 0 aromatic heterocycles. The lowest BCUT2D eigenvalue weighted by atomic mass is 9.85. The number of carbonyl (C=O) groups excluding carboxylic acids is 1. The highest BCUT2D eigenvalue weighted by Gasteiger charge is 2.24. The van der Waals surface area contributed by atoms with Crippen molar-refractivity contribution in [2.45, 2.75) is 40.0 Å². The monoisotopic (exact) mass is 280 g/mol. The number of hydrogen-bond acceptors (Lipinski definition) is 4. The van der Waals surface area contributed by atoms with E-state index in [1.807, 2.05) is 19.9 Å². The Bertz CT molecular complexity index is 472. The standard InChI is InChI=1S/C16H24O4/c1-7-19-13-10-12(16(3,4)5)14(20-8-2)9-11(13)15(17)18-6/h9-10H,7-8H2,1-6H3. The second-order valence-electron chi connectivity index (χ2n) is 5.45. The van der Waals surface area contributed by atoms with Crippen LogP contribution in [0.1, 0.15) is 50.5 Å². The molecule has 0 unspecified atom stereocenters. The van der Waals surface area contributed by atoms with E-state index in [1.165, 1.54) is 7.11 Å². The quantitative estimate of drug-likeness (QED) is 0.773. The summed E-state index contributed by atoms with van der Waals surface area (Å²) >= 11 is 0. The molecule has 0 saturated carbocycles. The summed E-state index contributed by atoms with van der Waals surface area (Å²) in [4.78, 5) is 11.9. The van der Waals surface area contributed by atoms with Gasteiger partial charge in [-0.2, -0.15) is 0 Å². The summed E-state index contributed by atoms with van der Waals surface area (Å²) in [5, 5.41) is 0. The van der Waals surface area contributed by atoms with Crippen LogP contribution in [0.4, 0.5) is 0 Å². The number of carbonyl (C=O) groups is 1. The molecule has 0 aliphatic rings. The lowest BCUT2D eigenvalue weighted by Crippen LogP contribution is -2.16. The molecule has 0 heterocycles. The van der Waals surface area contributed by atoms with Gasteiger partial charge in [0.2, 0.25) is 0 Å². The Morgan fingerprint density at radius 3 is 2.05 bits per heavy atom. The van der Waals surface area contributed by atoms with E-state index in [0.29, 0.717) is 30.3 Å². The van der Waals surface area contributed by atoms with Crippen LogP contribution in [-0.4, -0.2) is 26.3 Å². The van der Waals surface area contributed by atoms with Gasteiger partial charge in [-0.3, -0.25) is 0 Å². The second-order valence-corrected chi connectivity index (χ2v) is 5.45. The molecule has 0 bridgehead atoms. The molecular weight excluding hydrogens is 256 g/mol. The number of esters is 1. The molecule has 0 aliphatic heterocycles. The van der Waals surface area contributed by atoms with Gasteiger partial charge < -0.3 is 14.2 Å². The van der Waals surface area contributed by atoms with Gasteiger partial charge in [-0.25, -0.2) is 4.79 Å². The maximum absolute atomic E-state index is 11.9. The largest absolute Gasteiger partial charge is 0.494 e. The van der Waals surface area contributed by atoms with Gasteiger partial charge in [-0.05, 0) is 31.4 Å². The molecule has 0 atom stereocenters. The topological polar surface area (TPSA) is 44.8 Å². The zero-order valence-electron chi connectivity index (χ0n) is 13.2. The van der Waals surface area contributed by atoms with Crippen molar-refractivity contribution in [2.24, 2.45) is 0 Å². The minimum Gasteiger partial charge on any atom is -0.494 e. The van der Waals surface area contributed by atoms with Crippen LogP contribution < -0.4 is 9.47 Å². The molecule has 1 aromatic rings. The van der Waals surface area contributed by atoms with E-state index in [0.717, 1.165) is 5.56 Å². The van der Waals surface area contributed by atoms with Crippen molar-refractivity contribution in [3.63, 3.8) is 0 Å². The smallest absolute Gasteiger partial charge is 0.341 e. The number of ether oxygens (including phenoxy) is 3. The molecule has 1 aromatic carbocycles. The third-order valence-electron chi connectivity index (χ3n) is 2.89. The van der Waals surface area contributed by atoms with Gasteiger partial charge in [0.25, 0.3) is 0 Å². The zero-order valence-corrected chi connectivity index (χ0v) is 13.2. The van der Waals surface area contributed by atoms with Crippen molar-refractivity contribution in [2.75, 3.05) is 20.3 Å². The predicted octanol–water partition coefficient (Wildman–Crippen LogP) is 3.57. The third-order valence-corrected chi connectivity index (χ3v) is 2.89. The van der Waals surface area contributed by atoms with E-state index in [-0.39, 0.29) is 5.41 Å². The first-order valence-corrected chi connectivity index (χ1v) is 6.87. The van der Waals surface area contributed by atoms with Crippen LogP contribution >= 0.6 is 0 Å². The SMILES string of the molecule is CCOc1cc(C(C)(C)C)c(OCC)cc1C(=O)OC. The van der Waals surface area contributed by atoms with Gasteiger partial charge in [0.15, 0.2) is 0 Å². The molecule has 20 heavy (non-hydrogen) atoms. The Morgan fingerprint density at radius 2 is 1.60 bits per heavy atom. The Balaban J connectivity index is 3.46. The summed E-state index contributed by atoms with van der Waals surface area (Å²) in [6.07, 6.45) is 0. The predicted molar refractivity (Wildman–Crippen MR) is 78.8 cm³/mol. The first-order chi connectivity index (χ1) is 9.35. The van der Waals surface area contributed by atoms with Gasteiger partial charge >= 0.3 is 5.97 Å². The van der Waals surface area contributed by atoms with Gasteiger partial charge in [-0.1, -0.05) is 20.8 Å². The summed E-state index contributed by atoms with van der Waals surface area (Å²) in [6, 6.07) is 3.58. The first-order valence-electron chi connectivity index (χ1n) is 6.87. The Kier molecular flexibility index (Phi) is 5.43. The lowest BCUT2D eigenvalue weighted by Gasteiger charge is -2.24. The van der Waals surface area contributed by atoms with E-state index in [9.17, 15) is 4.79 Å². The van der Waals surface area contributed by atoms with Crippen molar-refractivity contribution in [1.29, 1.82) is 0 Å². The Morgan fingerprint density at radius 1 is 1.05 bits per heavy atom. The highest BCUT2D eigenvalue weighted by Crippen LogP contribution is 2.37. The molecule has 0 aliphatic carbocycles. The summed E-state index contributed by atoms with van der Waals surface area (Å²) in [6.45, 7) is 11.1. The van der Waals surface area contributed by atoms with Gasteiger partial charge in [0.1, 0.15) is 17.1 Å². The fraction of sp³-hybridized carbons (Fsp3) is 0.562. The summed E-state index contributed by atoms with van der Waals surface area (Å²) in [5.41, 5.74) is 1.30. The van der Waals surface area contributed by atoms with Crippen molar-refractivity contribution in [3.8, 4) is 11.5 Å². The highest BCUT2D eigenvalue weighted by molar-refractivity contribution is 5.93. The maximum Gasteiger partial charge on any atom is 0.341 e. The van der Waals surface area contributed by atoms with Crippen LogP contribution in [0.2, 0.25) is 0 Å². The Labute approximate surface area is 121 Å². The van der Waals surface area contributed by atoms with E-state index in [4.69, 9.17) is 14.2 Å². The van der Waals surface area contributed by atoms with Crippen molar-refractivity contribution < 1.29 is 19.0 Å². The van der Waals surface area contributed by atoms with Crippen LogP contribution in [0.3, 0.4) is 0 Å². The van der Waals surface area contributed by atoms with Crippen LogP contribution in [0.25, 0.3) is 0 Å². The molecule has 4 heteroatoms. The van der Waals surface area contributed by atoms with Crippen molar-refractivity contribution in [3.05, 3.63) is 23.3 Å². The maximum atomic E-state index is 11.9. The van der Waals surface area contributed by atoms with E-state index in [1.54, 1.807) is 6.07 Å². The average molecular weight is 280 g/mol. The minimum atomic E-state index is -0.421. The van der Waals surface area contributed by atoms with E-state index < -0.39 is 5.97 Å². The molecule has 112 valence electrons. The summed E-state index contributed by atoms with van der Waals surface area (Å²) in [5.74, 6) is 0.812. The number of hydrogen-bond donors (Lipinski definition) is 0. The molecule has 4 nitrogen and oxygen atoms in total. The Hall–Kier alpha value is -1.71. The molecule has 0 amide bonds. The first kappa shape index (κ1) is 16.3. The fourth-order valence-corrected chi connectivity index (χ4v) is 1.97. The molecule has 0 spiro atoms. The van der Waals surface area contributed by atoms with Gasteiger partial charge in [0, 0.05) is 5.56 Å². The summed E-state index contributed by atoms with van der Waals surface area (Å²) < 4.78 is 16.0. The minimum absolute atomic E-state index is 0.106. The number of methoxy groups -OCH3 is 1. The fourth-order valence-electron chi connectivity index (χ4n) is 1.97. The second kappa shape index (κ2) is 6.64. The molecule has 0 fully saturated rings. The summed E-state index contributed by atoms with van der Waals surface area (Å²) in [7, 11) is 1.36. The highest BCUT2D eigenvalue weighted by atomic mass is 16.5. The van der Waals surface area contributed by atoms with Crippen LogP contribution in [0.5, 0.6) is 11.5 Å². The van der Waals surface area contributed by atoms with E-state index in [2.05, 4.69) is 20.8 Å². The molecule has 0 N–H and O–H groups in total. The molecule has 1 rings (SSSR count). The van der Waals surface area contributed by atoms with Crippen LogP contribution in [0.15, 0.2) is 12.1 Å². The van der Waals surface area contributed by atoms with Gasteiger partial charge in [-0.15, -0.1) is 0 Å². The van der Waals surface area contributed by atoms with Crippen LogP contribution in [-0.2, 0) is 10.2 Å². The van der Waals surface area contributed by atoms with Crippen molar-refractivity contribution in [1.82, 2.24) is 0 Å². The van der Waals surface area contributed by atoms with Gasteiger partial charge in [0.05, 0.1) is 20.3 Å².